The molecule has 1 atom stereocenters. The number of nitrogens with zero attached hydrogens (tertiary/aromatic N) is 1. The van der Waals surface area contributed by atoms with E-state index in [1.807, 2.05) is 0 Å². The van der Waals surface area contributed by atoms with E-state index in [0.717, 1.165) is 13.1 Å². The van der Waals surface area contributed by atoms with Crippen molar-refractivity contribution in [1.82, 2.24) is 9.88 Å². The summed E-state index contributed by atoms with van der Waals surface area (Å²) in [5, 5.41) is 4.89. The van der Waals surface area contributed by atoms with Gasteiger partial charge in [-0.2, -0.15) is 0 Å². The molecule has 1 unspecified atom stereocenters. The summed E-state index contributed by atoms with van der Waals surface area (Å²) in [4.78, 5) is 0. The Hall–Kier alpha value is -1.28. The molecule has 0 amide bonds. The fourth-order valence-electron chi connectivity index (χ4n) is 2.78. The van der Waals surface area contributed by atoms with Crippen molar-refractivity contribution in [3.63, 3.8) is 0 Å². The maximum atomic E-state index is 3.45. The number of rotatable bonds is 1. The van der Waals surface area contributed by atoms with Crippen LogP contribution in [-0.2, 0) is 7.05 Å². The Morgan fingerprint density at radius 3 is 3.00 bits per heavy atom. The quantitative estimate of drug-likeness (QED) is 0.772. The molecule has 0 spiro atoms. The van der Waals surface area contributed by atoms with E-state index in [-0.39, 0.29) is 0 Å². The molecule has 1 aromatic heterocycles. The maximum absolute atomic E-state index is 3.45. The third kappa shape index (κ3) is 1.45. The van der Waals surface area contributed by atoms with E-state index < -0.39 is 0 Å². The molecule has 2 heterocycles. The van der Waals surface area contributed by atoms with Gasteiger partial charge in [-0.25, -0.2) is 0 Å². The van der Waals surface area contributed by atoms with Gasteiger partial charge >= 0.3 is 0 Å². The summed E-state index contributed by atoms with van der Waals surface area (Å²) in [6.45, 7) is 4.46. The van der Waals surface area contributed by atoms with Crippen molar-refractivity contribution in [2.45, 2.75) is 19.3 Å². The number of hydrogen-bond donors (Lipinski definition) is 1. The van der Waals surface area contributed by atoms with Gasteiger partial charge in [-0.15, -0.1) is 0 Å². The number of hydrogen-bond acceptors (Lipinski definition) is 1. The van der Waals surface area contributed by atoms with Crippen LogP contribution in [0.5, 0.6) is 0 Å². The van der Waals surface area contributed by atoms with E-state index in [2.05, 4.69) is 48.3 Å². The first-order chi connectivity index (χ1) is 7.75. The van der Waals surface area contributed by atoms with E-state index in [1.165, 1.54) is 28.5 Å². The SMILES string of the molecule is Cc1ccc2c(c1)c(C1CCNC1)cn2C. The van der Waals surface area contributed by atoms with Gasteiger partial charge < -0.3 is 9.88 Å². The van der Waals surface area contributed by atoms with Gasteiger partial charge in [-0.1, -0.05) is 11.6 Å². The molecule has 1 N–H and O–H groups in total. The number of fused-ring (bicyclic) bond motifs is 1. The molecule has 1 saturated heterocycles. The molecular formula is C14H18N2. The molecule has 16 heavy (non-hydrogen) atoms. The molecule has 2 nitrogen and oxygen atoms in total. The van der Waals surface area contributed by atoms with Crippen LogP contribution in [0.4, 0.5) is 0 Å². The predicted molar refractivity (Wildman–Crippen MR) is 67.9 cm³/mol. The van der Waals surface area contributed by atoms with Gasteiger partial charge in [0.15, 0.2) is 0 Å². The van der Waals surface area contributed by atoms with E-state index >= 15 is 0 Å². The van der Waals surface area contributed by atoms with Crippen molar-refractivity contribution >= 4 is 10.9 Å². The van der Waals surface area contributed by atoms with Crippen LogP contribution in [0.2, 0.25) is 0 Å². The molecule has 0 bridgehead atoms. The highest BCUT2D eigenvalue weighted by molar-refractivity contribution is 5.85. The first-order valence-electron chi connectivity index (χ1n) is 6.02. The average Bonchev–Trinajstić information content (AvgIpc) is 2.86. The third-order valence-electron chi connectivity index (χ3n) is 3.68. The van der Waals surface area contributed by atoms with Crippen LogP contribution in [0.25, 0.3) is 10.9 Å². The second-order valence-electron chi connectivity index (χ2n) is 4.91. The Kier molecular flexibility index (Phi) is 2.25. The average molecular weight is 214 g/mol. The van der Waals surface area contributed by atoms with Gasteiger partial charge in [0.05, 0.1) is 0 Å². The van der Waals surface area contributed by atoms with Gasteiger partial charge in [-0.3, -0.25) is 0 Å². The number of benzene rings is 1. The zero-order valence-electron chi connectivity index (χ0n) is 9.96. The molecule has 2 heteroatoms. The second kappa shape index (κ2) is 3.63. The summed E-state index contributed by atoms with van der Waals surface area (Å²) >= 11 is 0. The zero-order valence-corrected chi connectivity index (χ0v) is 9.96. The minimum atomic E-state index is 0.700. The normalized spacial score (nSPS) is 20.8. The topological polar surface area (TPSA) is 17.0 Å². The second-order valence-corrected chi connectivity index (χ2v) is 4.91. The van der Waals surface area contributed by atoms with Crippen molar-refractivity contribution in [2.24, 2.45) is 7.05 Å². The molecule has 0 aliphatic carbocycles. The molecule has 1 aromatic carbocycles. The highest BCUT2D eigenvalue weighted by Gasteiger charge is 2.20. The minimum absolute atomic E-state index is 0.700. The van der Waals surface area contributed by atoms with Crippen molar-refractivity contribution in [3.05, 3.63) is 35.5 Å². The van der Waals surface area contributed by atoms with Crippen LogP contribution in [0, 0.1) is 6.92 Å². The van der Waals surface area contributed by atoms with Crippen LogP contribution in [0.3, 0.4) is 0 Å². The lowest BCUT2D eigenvalue weighted by Crippen LogP contribution is -2.07. The molecular weight excluding hydrogens is 196 g/mol. The van der Waals surface area contributed by atoms with Gasteiger partial charge in [-0.05, 0) is 43.5 Å². The summed E-state index contributed by atoms with van der Waals surface area (Å²) in [7, 11) is 2.14. The summed E-state index contributed by atoms with van der Waals surface area (Å²) in [5.41, 5.74) is 4.23. The van der Waals surface area contributed by atoms with Crippen LogP contribution < -0.4 is 5.32 Å². The van der Waals surface area contributed by atoms with E-state index in [9.17, 15) is 0 Å². The lowest BCUT2D eigenvalue weighted by atomic mass is 9.97. The number of aryl methyl sites for hydroxylation is 2. The standard InChI is InChI=1S/C14H18N2/c1-10-3-4-14-12(7-10)13(9-16(14)2)11-5-6-15-8-11/h3-4,7,9,11,15H,5-6,8H2,1-2H3. The Morgan fingerprint density at radius 1 is 1.38 bits per heavy atom. The third-order valence-corrected chi connectivity index (χ3v) is 3.68. The first kappa shape index (κ1) is 9.91. The van der Waals surface area contributed by atoms with E-state index in [0.29, 0.717) is 5.92 Å². The first-order valence-corrected chi connectivity index (χ1v) is 6.02. The molecule has 84 valence electrons. The molecule has 1 aliphatic heterocycles. The summed E-state index contributed by atoms with van der Waals surface area (Å²) in [6.07, 6.45) is 3.58. The fraction of sp³-hybridized carbons (Fsp3) is 0.429. The minimum Gasteiger partial charge on any atom is -0.350 e. The molecule has 3 rings (SSSR count). The van der Waals surface area contributed by atoms with Crippen molar-refractivity contribution < 1.29 is 0 Å². The maximum Gasteiger partial charge on any atom is 0.0480 e. The highest BCUT2D eigenvalue weighted by Crippen LogP contribution is 2.31. The summed E-state index contributed by atoms with van der Waals surface area (Å²) in [6, 6.07) is 6.75. The van der Waals surface area contributed by atoms with Crippen LogP contribution >= 0.6 is 0 Å². The Morgan fingerprint density at radius 2 is 2.25 bits per heavy atom. The molecule has 0 radical (unpaired) electrons. The largest absolute Gasteiger partial charge is 0.350 e. The lowest BCUT2D eigenvalue weighted by Gasteiger charge is -2.06. The molecule has 1 aliphatic rings. The zero-order chi connectivity index (χ0) is 11.1. The van der Waals surface area contributed by atoms with Gasteiger partial charge in [0, 0.05) is 30.7 Å². The predicted octanol–water partition coefficient (Wildman–Crippen LogP) is 2.56. The molecule has 0 saturated carbocycles. The van der Waals surface area contributed by atoms with Crippen LogP contribution in [-0.4, -0.2) is 17.7 Å². The van der Waals surface area contributed by atoms with Gasteiger partial charge in [0.2, 0.25) is 0 Å². The van der Waals surface area contributed by atoms with Crippen molar-refractivity contribution in [3.8, 4) is 0 Å². The summed E-state index contributed by atoms with van der Waals surface area (Å²) < 4.78 is 2.25. The highest BCUT2D eigenvalue weighted by atomic mass is 14.9. The number of nitrogens with one attached hydrogen (secondary N) is 1. The smallest absolute Gasteiger partial charge is 0.0480 e. The van der Waals surface area contributed by atoms with E-state index in [4.69, 9.17) is 0 Å². The number of aromatic nitrogens is 1. The Bertz CT molecular complexity index is 519. The molecule has 1 fully saturated rings. The lowest BCUT2D eigenvalue weighted by molar-refractivity contribution is 0.763. The summed E-state index contributed by atoms with van der Waals surface area (Å²) in [5.74, 6) is 0.700. The Balaban J connectivity index is 2.19. The van der Waals surface area contributed by atoms with Crippen LogP contribution in [0.15, 0.2) is 24.4 Å². The van der Waals surface area contributed by atoms with E-state index in [1.54, 1.807) is 0 Å². The van der Waals surface area contributed by atoms with Crippen molar-refractivity contribution in [2.75, 3.05) is 13.1 Å². The fourth-order valence-corrected chi connectivity index (χ4v) is 2.78. The Labute approximate surface area is 96.3 Å². The van der Waals surface area contributed by atoms with Crippen LogP contribution in [0.1, 0.15) is 23.5 Å². The van der Waals surface area contributed by atoms with Crippen molar-refractivity contribution in [1.29, 1.82) is 0 Å². The van der Waals surface area contributed by atoms with Gasteiger partial charge in [0.25, 0.3) is 0 Å². The monoisotopic (exact) mass is 214 g/mol. The molecule has 2 aromatic rings. The van der Waals surface area contributed by atoms with Gasteiger partial charge in [0.1, 0.15) is 0 Å².